The van der Waals surface area contributed by atoms with Crippen LogP contribution in [0.3, 0.4) is 0 Å². The van der Waals surface area contributed by atoms with Gasteiger partial charge in [0.1, 0.15) is 5.65 Å². The molecule has 2 aromatic heterocycles. The quantitative estimate of drug-likeness (QED) is 0.700. The van der Waals surface area contributed by atoms with E-state index in [1.165, 1.54) is 0 Å². The van der Waals surface area contributed by atoms with Crippen LogP contribution in [0.1, 0.15) is 0 Å². The molecule has 5 nitrogen and oxygen atoms in total. The van der Waals surface area contributed by atoms with E-state index in [0.29, 0.717) is 5.65 Å². The Morgan fingerprint density at radius 1 is 1.54 bits per heavy atom. The number of carbonyl (C=O) groups excluding carboxylic acids is 1. The molecule has 0 aliphatic carbocycles. The van der Waals surface area contributed by atoms with Crippen LogP contribution in [0.15, 0.2) is 30.6 Å². The third kappa shape index (κ3) is 1.44. The van der Waals surface area contributed by atoms with E-state index in [-0.39, 0.29) is 5.88 Å². The van der Waals surface area contributed by atoms with Crippen molar-refractivity contribution < 1.29 is 9.53 Å². The molecule has 5 heteroatoms. The summed E-state index contributed by atoms with van der Waals surface area (Å²) in [4.78, 5) is 14.4. The summed E-state index contributed by atoms with van der Waals surface area (Å²) in [6, 6.07) is 5.49. The minimum Gasteiger partial charge on any atom is -0.390 e. The van der Waals surface area contributed by atoms with Crippen LogP contribution in [0.5, 0.6) is 5.88 Å². The molecule has 0 aliphatic heterocycles. The Hall–Kier alpha value is -2.04. The molecule has 0 saturated carbocycles. The second kappa shape index (κ2) is 2.78. The van der Waals surface area contributed by atoms with Gasteiger partial charge in [0.15, 0.2) is 0 Å². The second-order valence-electron chi connectivity index (χ2n) is 2.47. The van der Waals surface area contributed by atoms with Gasteiger partial charge in [0.2, 0.25) is 5.88 Å². The van der Waals surface area contributed by atoms with Gasteiger partial charge in [0.25, 0.3) is 0 Å². The molecule has 0 saturated heterocycles. The van der Waals surface area contributed by atoms with E-state index < -0.39 is 6.09 Å². The lowest BCUT2D eigenvalue weighted by Gasteiger charge is -1.90. The highest BCUT2D eigenvalue weighted by Gasteiger charge is 2.03. The van der Waals surface area contributed by atoms with Crippen molar-refractivity contribution in [3.63, 3.8) is 0 Å². The number of rotatable bonds is 1. The van der Waals surface area contributed by atoms with Crippen LogP contribution >= 0.6 is 0 Å². The lowest BCUT2D eigenvalue weighted by molar-refractivity contribution is 0.209. The van der Waals surface area contributed by atoms with E-state index in [1.54, 1.807) is 22.9 Å². The number of imidazole rings is 1. The largest absolute Gasteiger partial charge is 0.411 e. The van der Waals surface area contributed by atoms with Crippen molar-refractivity contribution in [2.75, 3.05) is 0 Å². The van der Waals surface area contributed by atoms with Gasteiger partial charge in [-0.15, -0.1) is 0 Å². The number of pyridine rings is 1. The van der Waals surface area contributed by atoms with Gasteiger partial charge < -0.3 is 14.9 Å². The van der Waals surface area contributed by atoms with Crippen LogP contribution in [-0.2, 0) is 0 Å². The first-order valence-electron chi connectivity index (χ1n) is 3.67. The predicted octanol–water partition coefficient (Wildman–Crippen LogP) is 0.792. The lowest BCUT2D eigenvalue weighted by atomic mass is 10.5. The molecule has 2 aromatic rings. The van der Waals surface area contributed by atoms with Crippen LogP contribution in [-0.4, -0.2) is 15.5 Å². The van der Waals surface area contributed by atoms with Crippen molar-refractivity contribution in [2.24, 2.45) is 5.73 Å². The summed E-state index contributed by atoms with van der Waals surface area (Å²) in [5.41, 5.74) is 5.54. The summed E-state index contributed by atoms with van der Waals surface area (Å²) in [6.07, 6.45) is 2.53. The molecule has 0 spiro atoms. The Labute approximate surface area is 73.7 Å². The monoisotopic (exact) mass is 177 g/mol. The van der Waals surface area contributed by atoms with Crippen molar-refractivity contribution in [3.05, 3.63) is 30.6 Å². The number of nitrogens with zero attached hydrogens (tertiary/aromatic N) is 2. The molecule has 2 heterocycles. The van der Waals surface area contributed by atoms with Crippen LogP contribution < -0.4 is 10.5 Å². The maximum atomic E-state index is 10.4. The Balaban J connectivity index is 2.44. The van der Waals surface area contributed by atoms with Gasteiger partial charge in [-0.2, -0.15) is 4.98 Å². The van der Waals surface area contributed by atoms with E-state index in [4.69, 9.17) is 5.73 Å². The van der Waals surface area contributed by atoms with E-state index in [1.807, 2.05) is 12.1 Å². The van der Waals surface area contributed by atoms with Crippen molar-refractivity contribution in [3.8, 4) is 5.88 Å². The summed E-state index contributed by atoms with van der Waals surface area (Å²) < 4.78 is 6.34. The summed E-state index contributed by atoms with van der Waals surface area (Å²) in [6.45, 7) is 0. The standard InChI is InChI=1S/C8H7N3O2/c9-8(12)13-7-5-11-4-2-1-3-6(11)10-7/h1-5H,(H2,9,12). The zero-order valence-electron chi connectivity index (χ0n) is 6.68. The fraction of sp³-hybridized carbons (Fsp3) is 0. The molecule has 2 rings (SSSR count). The summed E-state index contributed by atoms with van der Waals surface area (Å²) in [5, 5.41) is 0. The highest BCUT2D eigenvalue weighted by atomic mass is 16.6. The SMILES string of the molecule is NC(=O)Oc1cn2ccccc2n1. The van der Waals surface area contributed by atoms with Crippen molar-refractivity contribution >= 4 is 11.7 Å². The molecular weight excluding hydrogens is 170 g/mol. The maximum absolute atomic E-state index is 10.4. The van der Waals surface area contributed by atoms with Gasteiger partial charge in [-0.3, -0.25) is 0 Å². The molecular formula is C8H7N3O2. The number of hydrogen-bond acceptors (Lipinski definition) is 3. The molecule has 0 atom stereocenters. The highest BCUT2D eigenvalue weighted by Crippen LogP contribution is 2.10. The van der Waals surface area contributed by atoms with Crippen molar-refractivity contribution in [1.29, 1.82) is 0 Å². The first-order chi connectivity index (χ1) is 6.25. The maximum Gasteiger partial charge on any atom is 0.411 e. The number of primary amides is 1. The Bertz CT molecular complexity index is 416. The zero-order chi connectivity index (χ0) is 9.26. The molecule has 0 aliphatic rings. The fourth-order valence-electron chi connectivity index (χ4n) is 1.06. The predicted molar refractivity (Wildman–Crippen MR) is 45.4 cm³/mol. The van der Waals surface area contributed by atoms with Gasteiger partial charge in [0, 0.05) is 6.20 Å². The molecule has 0 aromatic carbocycles. The van der Waals surface area contributed by atoms with Gasteiger partial charge in [-0.05, 0) is 12.1 Å². The minimum absolute atomic E-state index is 0.207. The van der Waals surface area contributed by atoms with Crippen molar-refractivity contribution in [2.45, 2.75) is 0 Å². The van der Waals surface area contributed by atoms with Gasteiger partial charge in [-0.25, -0.2) is 4.79 Å². The number of nitrogens with two attached hydrogens (primary N) is 1. The van der Waals surface area contributed by atoms with E-state index in [2.05, 4.69) is 9.72 Å². The molecule has 0 bridgehead atoms. The van der Waals surface area contributed by atoms with Crippen LogP contribution in [0, 0.1) is 0 Å². The van der Waals surface area contributed by atoms with E-state index in [0.717, 1.165) is 0 Å². The summed E-state index contributed by atoms with van der Waals surface area (Å²) in [7, 11) is 0. The zero-order valence-corrected chi connectivity index (χ0v) is 6.68. The highest BCUT2D eigenvalue weighted by molar-refractivity contribution is 5.67. The third-order valence-electron chi connectivity index (χ3n) is 1.55. The second-order valence-corrected chi connectivity index (χ2v) is 2.47. The van der Waals surface area contributed by atoms with Gasteiger partial charge >= 0.3 is 6.09 Å². The number of amides is 1. The lowest BCUT2D eigenvalue weighted by Crippen LogP contribution is -2.16. The van der Waals surface area contributed by atoms with Gasteiger partial charge in [0.05, 0.1) is 6.20 Å². The molecule has 0 unspecified atom stereocenters. The molecule has 13 heavy (non-hydrogen) atoms. The minimum atomic E-state index is -0.858. The van der Waals surface area contributed by atoms with Crippen LogP contribution in [0.4, 0.5) is 4.79 Å². The first kappa shape index (κ1) is 7.60. The number of carbonyl (C=O) groups is 1. The number of aromatic nitrogens is 2. The average molecular weight is 177 g/mol. The number of hydrogen-bond donors (Lipinski definition) is 1. The smallest absolute Gasteiger partial charge is 0.390 e. The summed E-state index contributed by atoms with van der Waals surface area (Å²) in [5.74, 6) is 0.207. The molecule has 0 fully saturated rings. The third-order valence-corrected chi connectivity index (χ3v) is 1.55. The summed E-state index contributed by atoms with van der Waals surface area (Å²) >= 11 is 0. The number of fused-ring (bicyclic) bond motifs is 1. The normalized spacial score (nSPS) is 10.2. The van der Waals surface area contributed by atoms with E-state index >= 15 is 0 Å². The van der Waals surface area contributed by atoms with Crippen molar-refractivity contribution in [1.82, 2.24) is 9.38 Å². The molecule has 1 amide bonds. The van der Waals surface area contributed by atoms with E-state index in [9.17, 15) is 4.79 Å². The first-order valence-corrected chi connectivity index (χ1v) is 3.67. The molecule has 2 N–H and O–H groups in total. The Morgan fingerprint density at radius 2 is 2.38 bits per heavy atom. The average Bonchev–Trinajstić information content (AvgIpc) is 2.44. The number of ether oxygens (including phenoxy) is 1. The van der Waals surface area contributed by atoms with Crippen LogP contribution in [0.25, 0.3) is 5.65 Å². The topological polar surface area (TPSA) is 69.6 Å². The Kier molecular flexibility index (Phi) is 1.63. The Morgan fingerprint density at radius 3 is 3.08 bits per heavy atom. The van der Waals surface area contributed by atoms with Crippen LogP contribution in [0.2, 0.25) is 0 Å². The fourth-order valence-corrected chi connectivity index (χ4v) is 1.06. The molecule has 66 valence electrons. The molecule has 0 radical (unpaired) electrons. The van der Waals surface area contributed by atoms with Gasteiger partial charge in [-0.1, -0.05) is 6.07 Å².